The van der Waals surface area contributed by atoms with Gasteiger partial charge in [-0.3, -0.25) is 0 Å². The van der Waals surface area contributed by atoms with Gasteiger partial charge < -0.3 is 0 Å². The molecule has 172 valence electrons. The summed E-state index contributed by atoms with van der Waals surface area (Å²) in [6, 6.07) is 14.0. The van der Waals surface area contributed by atoms with E-state index >= 15 is 0 Å². The molecule has 1 aliphatic carbocycles. The molecule has 4 heteroatoms. The number of halogens is 3. The largest absolute Gasteiger partial charge is 0.205 e. The van der Waals surface area contributed by atoms with Crippen LogP contribution in [0.1, 0.15) is 60.8 Å². The van der Waals surface area contributed by atoms with Gasteiger partial charge >= 0.3 is 0 Å². The fourth-order valence-corrected chi connectivity index (χ4v) is 4.88. The van der Waals surface area contributed by atoms with Crippen molar-refractivity contribution >= 4 is 10.8 Å². The van der Waals surface area contributed by atoms with Crippen LogP contribution in [0, 0.1) is 52.5 Å². The molecule has 0 aromatic heterocycles. The maximum atomic E-state index is 14.2. The molecule has 3 aromatic carbocycles. The first kappa shape index (κ1) is 23.7. The van der Waals surface area contributed by atoms with E-state index in [1.54, 1.807) is 6.07 Å². The number of benzene rings is 3. The van der Waals surface area contributed by atoms with Crippen LogP contribution < -0.4 is 0 Å². The van der Waals surface area contributed by atoms with Gasteiger partial charge in [0.2, 0.25) is 0 Å². The van der Waals surface area contributed by atoms with Crippen LogP contribution >= 0.6 is 0 Å². The second-order valence-corrected chi connectivity index (χ2v) is 9.08. The van der Waals surface area contributed by atoms with Gasteiger partial charge in [-0.25, -0.2) is 13.2 Å². The van der Waals surface area contributed by atoms with Crippen molar-refractivity contribution in [3.05, 3.63) is 94.8 Å². The average molecular weight is 458 g/mol. The van der Waals surface area contributed by atoms with Gasteiger partial charge in [0.05, 0.1) is 5.56 Å². The van der Waals surface area contributed by atoms with Gasteiger partial charge in [-0.2, -0.15) is 5.26 Å². The zero-order chi connectivity index (χ0) is 24.1. The predicted molar refractivity (Wildman–Crippen MR) is 130 cm³/mol. The van der Waals surface area contributed by atoms with Crippen LogP contribution in [0.15, 0.2) is 55.1 Å². The highest BCUT2D eigenvalue weighted by atomic mass is 19.2. The lowest BCUT2D eigenvalue weighted by atomic mass is 9.78. The van der Waals surface area contributed by atoms with Crippen molar-refractivity contribution in [2.45, 2.75) is 44.9 Å². The summed E-state index contributed by atoms with van der Waals surface area (Å²) in [5.74, 6) is 3.00. The van der Waals surface area contributed by atoms with Crippen molar-refractivity contribution in [2.75, 3.05) is 0 Å². The van der Waals surface area contributed by atoms with Crippen molar-refractivity contribution in [3.63, 3.8) is 0 Å². The Morgan fingerprint density at radius 2 is 1.65 bits per heavy atom. The van der Waals surface area contributed by atoms with Gasteiger partial charge in [0, 0.05) is 5.56 Å². The third-order valence-electron chi connectivity index (χ3n) is 6.85. The van der Waals surface area contributed by atoms with Crippen LogP contribution in [0.4, 0.5) is 13.2 Å². The number of nitrogens with zero attached hydrogens (tertiary/aromatic N) is 1. The Hall–Kier alpha value is -3.50. The first-order valence-corrected chi connectivity index (χ1v) is 11.7. The van der Waals surface area contributed by atoms with E-state index in [0.717, 1.165) is 41.5 Å². The van der Waals surface area contributed by atoms with Crippen molar-refractivity contribution in [3.8, 4) is 17.9 Å². The minimum atomic E-state index is -1.51. The molecule has 0 heterocycles. The van der Waals surface area contributed by atoms with Crippen LogP contribution in [0.5, 0.6) is 0 Å². The summed E-state index contributed by atoms with van der Waals surface area (Å²) in [6.45, 7) is 3.86. The SMILES string of the molecule is C=CCC1CCC(CCc2ccc3c(C#Cc4cc(F)c(C#N)c(F)c4F)cccc3c2)CC1. The molecule has 0 aliphatic heterocycles. The highest BCUT2D eigenvalue weighted by Crippen LogP contribution is 2.33. The quantitative estimate of drug-likeness (QED) is 0.217. The zero-order valence-electron chi connectivity index (χ0n) is 19.0. The van der Waals surface area contributed by atoms with E-state index in [9.17, 15) is 13.2 Å². The second kappa shape index (κ2) is 10.6. The molecule has 0 N–H and O–H groups in total. The van der Waals surface area contributed by atoms with Gasteiger partial charge in [0.1, 0.15) is 17.4 Å². The molecule has 0 radical (unpaired) electrons. The number of hydrogen-bond acceptors (Lipinski definition) is 1. The lowest BCUT2D eigenvalue weighted by molar-refractivity contribution is 0.265. The monoisotopic (exact) mass is 457 g/mol. The molecule has 4 rings (SSSR count). The second-order valence-electron chi connectivity index (χ2n) is 9.08. The Morgan fingerprint density at radius 1 is 0.912 bits per heavy atom. The third kappa shape index (κ3) is 5.18. The number of nitriles is 1. The summed E-state index contributed by atoms with van der Waals surface area (Å²) >= 11 is 0. The predicted octanol–water partition coefficient (Wildman–Crippen LogP) is 7.84. The van der Waals surface area contributed by atoms with Gasteiger partial charge in [-0.15, -0.1) is 6.58 Å². The molecule has 0 saturated heterocycles. The lowest BCUT2D eigenvalue weighted by Gasteiger charge is -2.27. The van der Waals surface area contributed by atoms with E-state index in [-0.39, 0.29) is 0 Å². The van der Waals surface area contributed by atoms with Crippen molar-refractivity contribution < 1.29 is 13.2 Å². The minimum absolute atomic E-state index is 0.412. The van der Waals surface area contributed by atoms with Gasteiger partial charge in [-0.05, 0) is 72.4 Å². The lowest BCUT2D eigenvalue weighted by Crippen LogP contribution is -2.14. The van der Waals surface area contributed by atoms with E-state index in [1.165, 1.54) is 43.7 Å². The van der Waals surface area contributed by atoms with E-state index in [1.807, 2.05) is 24.3 Å². The molecule has 3 aromatic rings. The Balaban J connectivity index is 1.50. The van der Waals surface area contributed by atoms with Gasteiger partial charge in [0.15, 0.2) is 11.6 Å². The summed E-state index contributed by atoms with van der Waals surface area (Å²) in [4.78, 5) is 0. The fourth-order valence-electron chi connectivity index (χ4n) is 4.88. The molecule has 1 nitrogen and oxygen atoms in total. The molecule has 0 amide bonds. The minimum Gasteiger partial charge on any atom is -0.205 e. The van der Waals surface area contributed by atoms with Crippen LogP contribution in [-0.2, 0) is 6.42 Å². The van der Waals surface area contributed by atoms with Crippen LogP contribution in [0.25, 0.3) is 10.8 Å². The highest BCUT2D eigenvalue weighted by molar-refractivity contribution is 5.88. The molecule has 0 bridgehead atoms. The van der Waals surface area contributed by atoms with Crippen molar-refractivity contribution in [2.24, 2.45) is 11.8 Å². The van der Waals surface area contributed by atoms with E-state index in [0.29, 0.717) is 5.56 Å². The molecule has 1 aliphatic rings. The summed E-state index contributed by atoms with van der Waals surface area (Å²) < 4.78 is 42.0. The summed E-state index contributed by atoms with van der Waals surface area (Å²) in [7, 11) is 0. The summed E-state index contributed by atoms with van der Waals surface area (Å²) in [6.07, 6.45) is 10.5. The first-order valence-electron chi connectivity index (χ1n) is 11.7. The van der Waals surface area contributed by atoms with Gasteiger partial charge in [0.25, 0.3) is 0 Å². The van der Waals surface area contributed by atoms with E-state index in [4.69, 9.17) is 5.26 Å². The Labute approximate surface area is 198 Å². The topological polar surface area (TPSA) is 23.8 Å². The smallest absolute Gasteiger partial charge is 0.180 e. The van der Waals surface area contributed by atoms with E-state index in [2.05, 4.69) is 30.6 Å². The standard InChI is InChI=1S/C30H26F3N/c1-2-4-20-7-9-21(10-8-20)11-12-22-13-16-26-23(5-3-6-24(26)17-22)14-15-25-18-28(31)27(19-34)30(33)29(25)32/h2-3,5-6,13,16-18,20-21H,1,4,7-12H2. The Morgan fingerprint density at radius 3 is 2.38 bits per heavy atom. The zero-order valence-corrected chi connectivity index (χ0v) is 19.0. The fraction of sp³-hybridized carbons (Fsp3) is 0.300. The first-order chi connectivity index (χ1) is 16.5. The molecule has 1 fully saturated rings. The maximum absolute atomic E-state index is 14.2. The van der Waals surface area contributed by atoms with Crippen LogP contribution in [0.3, 0.4) is 0 Å². The number of allylic oxidation sites excluding steroid dienone is 1. The normalized spacial score (nSPS) is 17.6. The molecule has 1 saturated carbocycles. The number of hydrogen-bond donors (Lipinski definition) is 0. The molecular formula is C30H26F3N. The number of rotatable bonds is 5. The number of fused-ring (bicyclic) bond motifs is 1. The van der Waals surface area contributed by atoms with Crippen molar-refractivity contribution in [1.82, 2.24) is 0 Å². The summed E-state index contributed by atoms with van der Waals surface area (Å²) in [5.41, 5.74) is 0.568. The van der Waals surface area contributed by atoms with E-state index < -0.39 is 28.6 Å². The molecule has 0 spiro atoms. The van der Waals surface area contributed by atoms with Crippen LogP contribution in [0.2, 0.25) is 0 Å². The Kier molecular flexibility index (Phi) is 7.39. The van der Waals surface area contributed by atoms with Crippen molar-refractivity contribution in [1.29, 1.82) is 5.26 Å². The summed E-state index contributed by atoms with van der Waals surface area (Å²) in [5, 5.41) is 10.7. The average Bonchev–Trinajstić information content (AvgIpc) is 2.85. The Bertz CT molecular complexity index is 1310. The number of aryl methyl sites for hydroxylation is 1. The molecule has 34 heavy (non-hydrogen) atoms. The molecule has 0 atom stereocenters. The molecular weight excluding hydrogens is 431 g/mol. The van der Waals surface area contributed by atoms with Gasteiger partial charge in [-0.1, -0.05) is 61.1 Å². The highest BCUT2D eigenvalue weighted by Gasteiger charge is 2.20. The third-order valence-corrected chi connectivity index (χ3v) is 6.85. The van der Waals surface area contributed by atoms with Crippen LogP contribution in [-0.4, -0.2) is 0 Å². The maximum Gasteiger partial charge on any atom is 0.180 e. The molecule has 0 unspecified atom stereocenters.